The molecule has 1 aliphatic heterocycles. The normalized spacial score (nSPS) is 17.8. The Morgan fingerprint density at radius 2 is 1.74 bits per heavy atom. The van der Waals surface area contributed by atoms with Crippen LogP contribution in [0.4, 0.5) is 5.82 Å². The van der Waals surface area contributed by atoms with Crippen molar-refractivity contribution >= 4 is 22.6 Å². The fraction of sp³-hybridized carbons (Fsp3) is 0.550. The summed E-state index contributed by atoms with van der Waals surface area (Å²) < 4.78 is 10.8. The summed E-state index contributed by atoms with van der Waals surface area (Å²) in [6, 6.07) is 4.14. The van der Waals surface area contributed by atoms with E-state index in [1.807, 2.05) is 24.1 Å². The van der Waals surface area contributed by atoms with E-state index in [0.29, 0.717) is 23.4 Å². The van der Waals surface area contributed by atoms with Gasteiger partial charge in [-0.1, -0.05) is 0 Å². The number of benzene rings is 1. The van der Waals surface area contributed by atoms with Crippen molar-refractivity contribution in [3.63, 3.8) is 0 Å². The lowest BCUT2D eigenvalue weighted by atomic mass is 10.0. The van der Waals surface area contributed by atoms with Gasteiger partial charge in [-0.05, 0) is 31.7 Å². The van der Waals surface area contributed by atoms with Crippen molar-refractivity contribution < 1.29 is 14.3 Å². The third-order valence-corrected chi connectivity index (χ3v) is 5.71. The van der Waals surface area contributed by atoms with E-state index in [4.69, 9.17) is 9.47 Å². The summed E-state index contributed by atoms with van der Waals surface area (Å²) in [5.74, 6) is 2.84. The molecule has 1 aromatic carbocycles. The van der Waals surface area contributed by atoms with Gasteiger partial charge in [0.15, 0.2) is 11.5 Å². The molecule has 144 valence electrons. The molecule has 1 amide bonds. The van der Waals surface area contributed by atoms with Crippen LogP contribution < -0.4 is 14.4 Å². The van der Waals surface area contributed by atoms with Crippen LogP contribution in [0.2, 0.25) is 0 Å². The van der Waals surface area contributed by atoms with Crippen molar-refractivity contribution in [2.45, 2.75) is 31.7 Å². The molecule has 27 heavy (non-hydrogen) atoms. The molecule has 2 aromatic rings. The van der Waals surface area contributed by atoms with Gasteiger partial charge >= 0.3 is 0 Å². The number of hydrogen-bond donors (Lipinski definition) is 0. The van der Waals surface area contributed by atoms with Crippen LogP contribution in [0.5, 0.6) is 11.5 Å². The lowest BCUT2D eigenvalue weighted by molar-refractivity contribution is -0.133. The van der Waals surface area contributed by atoms with E-state index in [1.54, 1.807) is 20.5 Å². The maximum Gasteiger partial charge on any atom is 0.225 e. The zero-order chi connectivity index (χ0) is 19.0. The van der Waals surface area contributed by atoms with Gasteiger partial charge in [-0.25, -0.2) is 9.97 Å². The minimum atomic E-state index is 0.279. The Hall–Kier alpha value is -2.57. The van der Waals surface area contributed by atoms with Crippen LogP contribution in [-0.2, 0) is 4.79 Å². The third kappa shape index (κ3) is 3.38. The number of nitrogens with zero attached hydrogens (tertiary/aromatic N) is 4. The molecule has 0 atom stereocenters. The van der Waals surface area contributed by atoms with E-state index in [2.05, 4.69) is 14.9 Å². The second-order valence-corrected chi connectivity index (χ2v) is 7.36. The number of aromatic nitrogens is 2. The quantitative estimate of drug-likeness (QED) is 0.806. The molecule has 0 radical (unpaired) electrons. The van der Waals surface area contributed by atoms with Gasteiger partial charge in [-0.2, -0.15) is 0 Å². The minimum Gasteiger partial charge on any atom is -0.493 e. The fourth-order valence-electron chi connectivity index (χ4n) is 3.88. The predicted octanol–water partition coefficient (Wildman–Crippen LogP) is 2.48. The molecule has 2 fully saturated rings. The summed E-state index contributed by atoms with van der Waals surface area (Å²) in [7, 11) is 5.21. The van der Waals surface area contributed by atoms with Gasteiger partial charge in [0.25, 0.3) is 0 Å². The lowest BCUT2D eigenvalue weighted by Crippen LogP contribution is -2.46. The van der Waals surface area contributed by atoms with Gasteiger partial charge in [0.05, 0.1) is 19.7 Å². The van der Waals surface area contributed by atoms with Gasteiger partial charge in [-0.15, -0.1) is 0 Å². The Labute approximate surface area is 159 Å². The predicted molar refractivity (Wildman–Crippen MR) is 103 cm³/mol. The minimum absolute atomic E-state index is 0.279. The van der Waals surface area contributed by atoms with E-state index in [0.717, 1.165) is 55.5 Å². The average molecular weight is 370 g/mol. The van der Waals surface area contributed by atoms with Crippen LogP contribution in [0, 0.1) is 5.92 Å². The number of anilines is 1. The summed E-state index contributed by atoms with van der Waals surface area (Å²) in [6.45, 7) is 1.74. The van der Waals surface area contributed by atoms with E-state index < -0.39 is 0 Å². The first-order valence-electron chi connectivity index (χ1n) is 9.50. The number of carbonyl (C=O) groups excluding carboxylic acids is 1. The molecule has 0 N–H and O–H groups in total. The van der Waals surface area contributed by atoms with Crippen LogP contribution in [-0.4, -0.2) is 61.2 Å². The van der Waals surface area contributed by atoms with Crippen LogP contribution in [0.25, 0.3) is 10.9 Å². The maximum atomic E-state index is 12.3. The molecular weight excluding hydrogens is 344 g/mol. The summed E-state index contributed by atoms with van der Waals surface area (Å²) in [6.07, 6.45) is 5.61. The van der Waals surface area contributed by atoms with E-state index >= 15 is 0 Å². The second kappa shape index (κ2) is 7.21. The van der Waals surface area contributed by atoms with Crippen molar-refractivity contribution in [1.29, 1.82) is 0 Å². The molecule has 4 rings (SSSR count). The van der Waals surface area contributed by atoms with E-state index in [-0.39, 0.29) is 5.92 Å². The zero-order valence-electron chi connectivity index (χ0n) is 16.1. The molecule has 7 heteroatoms. The van der Waals surface area contributed by atoms with Crippen molar-refractivity contribution in [1.82, 2.24) is 14.9 Å². The summed E-state index contributed by atoms with van der Waals surface area (Å²) in [5.41, 5.74) is 0.834. The molecule has 1 aromatic heterocycles. The zero-order valence-corrected chi connectivity index (χ0v) is 16.1. The maximum absolute atomic E-state index is 12.3. The number of piperidine rings is 1. The van der Waals surface area contributed by atoms with Gasteiger partial charge in [-0.3, -0.25) is 4.79 Å². The Kier molecular flexibility index (Phi) is 4.76. The van der Waals surface area contributed by atoms with Crippen LogP contribution >= 0.6 is 0 Å². The Balaban J connectivity index is 1.54. The topological polar surface area (TPSA) is 67.8 Å². The Bertz CT molecular complexity index is 844. The molecule has 1 saturated carbocycles. The number of rotatable bonds is 5. The largest absolute Gasteiger partial charge is 0.493 e. The molecule has 2 heterocycles. The van der Waals surface area contributed by atoms with Gasteiger partial charge < -0.3 is 19.3 Å². The number of fused-ring (bicyclic) bond motifs is 1. The van der Waals surface area contributed by atoms with E-state index in [9.17, 15) is 4.79 Å². The third-order valence-electron chi connectivity index (χ3n) is 5.71. The first-order valence-corrected chi connectivity index (χ1v) is 9.50. The highest BCUT2D eigenvalue weighted by Gasteiger charge is 2.35. The molecule has 2 aliphatic rings. The van der Waals surface area contributed by atoms with Crippen LogP contribution in [0.1, 0.15) is 25.7 Å². The summed E-state index contributed by atoms with van der Waals surface area (Å²) >= 11 is 0. The fourth-order valence-corrected chi connectivity index (χ4v) is 3.88. The van der Waals surface area contributed by atoms with Gasteiger partial charge in [0.1, 0.15) is 12.1 Å². The molecule has 1 aliphatic carbocycles. The van der Waals surface area contributed by atoms with E-state index in [1.165, 1.54) is 0 Å². The Morgan fingerprint density at radius 1 is 1.07 bits per heavy atom. The first-order chi connectivity index (χ1) is 13.1. The van der Waals surface area contributed by atoms with Crippen LogP contribution in [0.15, 0.2) is 18.5 Å². The number of methoxy groups -OCH3 is 2. The van der Waals surface area contributed by atoms with Gasteiger partial charge in [0.2, 0.25) is 5.91 Å². The standard InChI is InChI=1S/C20H26N4O3/c1-23(20(25)13-4-5-13)14-6-8-24(9-7-14)19-15-10-17(26-2)18(27-3)11-16(15)21-12-22-19/h10-14H,4-9H2,1-3H3. The van der Waals surface area contributed by atoms with Crippen molar-refractivity contribution in [2.75, 3.05) is 39.3 Å². The van der Waals surface area contributed by atoms with Gasteiger partial charge in [0, 0.05) is 43.5 Å². The average Bonchev–Trinajstić information content (AvgIpc) is 3.56. The molecule has 0 unspecified atom stereocenters. The second-order valence-electron chi connectivity index (χ2n) is 7.36. The highest BCUT2D eigenvalue weighted by Crippen LogP contribution is 2.36. The molecule has 0 bridgehead atoms. The molecule has 1 saturated heterocycles. The summed E-state index contributed by atoms with van der Waals surface area (Å²) in [4.78, 5) is 25.5. The lowest BCUT2D eigenvalue weighted by Gasteiger charge is -2.37. The van der Waals surface area contributed by atoms with Crippen molar-refractivity contribution in [2.24, 2.45) is 5.92 Å². The number of hydrogen-bond acceptors (Lipinski definition) is 6. The molecule has 0 spiro atoms. The monoisotopic (exact) mass is 370 g/mol. The van der Waals surface area contributed by atoms with Crippen molar-refractivity contribution in [3.8, 4) is 11.5 Å². The highest BCUT2D eigenvalue weighted by atomic mass is 16.5. The molecule has 7 nitrogen and oxygen atoms in total. The van der Waals surface area contributed by atoms with Crippen molar-refractivity contribution in [3.05, 3.63) is 18.5 Å². The van der Waals surface area contributed by atoms with Crippen LogP contribution in [0.3, 0.4) is 0 Å². The Morgan fingerprint density at radius 3 is 2.37 bits per heavy atom. The summed E-state index contributed by atoms with van der Waals surface area (Å²) in [5, 5.41) is 0.955. The smallest absolute Gasteiger partial charge is 0.225 e. The first kappa shape index (κ1) is 17.8. The number of amides is 1. The highest BCUT2D eigenvalue weighted by molar-refractivity contribution is 5.92. The molecular formula is C20H26N4O3. The SMILES string of the molecule is COc1cc2ncnc(N3CCC(N(C)C(=O)C4CC4)CC3)c2cc1OC. The number of ether oxygens (including phenoxy) is 2. The number of carbonyl (C=O) groups is 1.